The second-order valence-corrected chi connectivity index (χ2v) is 4.45. The molecule has 0 aromatic heterocycles. The van der Waals surface area contributed by atoms with Gasteiger partial charge in [0.1, 0.15) is 0 Å². The minimum absolute atomic E-state index is 0.0863. The van der Waals surface area contributed by atoms with Gasteiger partial charge in [-0.3, -0.25) is 0 Å². The second kappa shape index (κ2) is 12.0. The normalized spacial score (nSPS) is 13.0. The first kappa shape index (κ1) is 14.9. The van der Waals surface area contributed by atoms with Crippen molar-refractivity contribution in [3.63, 3.8) is 0 Å². The molecule has 0 aromatic carbocycles. The first-order valence-electron chi connectivity index (χ1n) is 6.60. The Bertz CT molecular complexity index is 115. The summed E-state index contributed by atoms with van der Waals surface area (Å²) in [5, 5.41) is 17.7. The molecule has 0 amide bonds. The quantitative estimate of drug-likeness (QED) is 0.520. The van der Waals surface area contributed by atoms with Crippen LogP contribution in [0.5, 0.6) is 0 Å². The van der Waals surface area contributed by atoms with Gasteiger partial charge in [0.2, 0.25) is 0 Å². The van der Waals surface area contributed by atoms with Crippen LogP contribution in [-0.4, -0.2) is 22.9 Å². The van der Waals surface area contributed by atoms with Crippen molar-refractivity contribution in [2.24, 2.45) is 0 Å². The maximum absolute atomic E-state index is 9.11. The molecule has 0 aliphatic heterocycles. The number of rotatable bonds is 11. The topological polar surface area (TPSA) is 40.5 Å². The van der Waals surface area contributed by atoms with Crippen LogP contribution in [-0.2, 0) is 0 Å². The van der Waals surface area contributed by atoms with Crippen LogP contribution in [0, 0.1) is 0 Å². The van der Waals surface area contributed by atoms with Gasteiger partial charge in [-0.1, -0.05) is 64.7 Å². The van der Waals surface area contributed by atoms with Crippen LogP contribution in [0.1, 0.15) is 71.1 Å². The van der Waals surface area contributed by atoms with Crippen molar-refractivity contribution in [1.82, 2.24) is 0 Å². The standard InChI is InChI=1S/C13H28O2/c1-2-3-4-5-6-7-8-9-10-11-13(15)12-14/h13-15H,2-12H2,1H3/t13-/m0/s1. The Morgan fingerprint density at radius 1 is 0.800 bits per heavy atom. The molecule has 15 heavy (non-hydrogen) atoms. The zero-order valence-corrected chi connectivity index (χ0v) is 10.2. The molecule has 0 unspecified atom stereocenters. The van der Waals surface area contributed by atoms with Crippen LogP contribution in [0.3, 0.4) is 0 Å². The van der Waals surface area contributed by atoms with Gasteiger partial charge in [-0.05, 0) is 6.42 Å². The predicted octanol–water partition coefficient (Wildman–Crippen LogP) is 3.26. The Labute approximate surface area is 94.7 Å². The van der Waals surface area contributed by atoms with Crippen molar-refractivity contribution >= 4 is 0 Å². The van der Waals surface area contributed by atoms with Gasteiger partial charge in [0.25, 0.3) is 0 Å². The van der Waals surface area contributed by atoms with Gasteiger partial charge < -0.3 is 10.2 Å². The van der Waals surface area contributed by atoms with E-state index in [2.05, 4.69) is 6.92 Å². The molecule has 2 nitrogen and oxygen atoms in total. The van der Waals surface area contributed by atoms with Crippen molar-refractivity contribution in [2.75, 3.05) is 6.61 Å². The lowest BCUT2D eigenvalue weighted by atomic mass is 10.1. The molecule has 0 radical (unpaired) electrons. The second-order valence-electron chi connectivity index (χ2n) is 4.45. The van der Waals surface area contributed by atoms with Crippen molar-refractivity contribution in [1.29, 1.82) is 0 Å². The SMILES string of the molecule is CCCCCCCCCCC[C@H](O)CO. The van der Waals surface area contributed by atoms with E-state index >= 15 is 0 Å². The van der Waals surface area contributed by atoms with Crippen LogP contribution in [0.15, 0.2) is 0 Å². The van der Waals surface area contributed by atoms with E-state index in [1.54, 1.807) is 0 Å². The van der Waals surface area contributed by atoms with Gasteiger partial charge in [0, 0.05) is 0 Å². The summed E-state index contributed by atoms with van der Waals surface area (Å²) in [4.78, 5) is 0. The molecular formula is C13H28O2. The van der Waals surface area contributed by atoms with Crippen LogP contribution in [0.2, 0.25) is 0 Å². The number of unbranched alkanes of at least 4 members (excludes halogenated alkanes) is 8. The predicted molar refractivity (Wildman–Crippen MR) is 64.9 cm³/mol. The third-order valence-corrected chi connectivity index (χ3v) is 2.85. The zero-order chi connectivity index (χ0) is 11.4. The smallest absolute Gasteiger partial charge is 0.0770 e. The van der Waals surface area contributed by atoms with Gasteiger partial charge in [-0.15, -0.1) is 0 Å². The maximum atomic E-state index is 9.11. The van der Waals surface area contributed by atoms with Crippen LogP contribution in [0.25, 0.3) is 0 Å². The number of aliphatic hydroxyl groups is 2. The van der Waals surface area contributed by atoms with Gasteiger partial charge in [-0.2, -0.15) is 0 Å². The van der Waals surface area contributed by atoms with Crippen molar-refractivity contribution in [3.8, 4) is 0 Å². The van der Waals surface area contributed by atoms with E-state index in [0.717, 1.165) is 12.8 Å². The van der Waals surface area contributed by atoms with Gasteiger partial charge in [-0.25, -0.2) is 0 Å². The van der Waals surface area contributed by atoms with Gasteiger partial charge in [0.05, 0.1) is 12.7 Å². The lowest BCUT2D eigenvalue weighted by molar-refractivity contribution is 0.0860. The highest BCUT2D eigenvalue weighted by molar-refractivity contribution is 4.53. The zero-order valence-electron chi connectivity index (χ0n) is 10.2. The molecule has 0 aliphatic rings. The van der Waals surface area contributed by atoms with Gasteiger partial charge >= 0.3 is 0 Å². The third kappa shape index (κ3) is 11.8. The fourth-order valence-corrected chi connectivity index (χ4v) is 1.78. The molecule has 0 fully saturated rings. The average Bonchev–Trinajstić information content (AvgIpc) is 2.26. The number of hydrogen-bond acceptors (Lipinski definition) is 2. The summed E-state index contributed by atoms with van der Waals surface area (Å²) < 4.78 is 0. The minimum atomic E-state index is -0.491. The summed E-state index contributed by atoms with van der Waals surface area (Å²) in [6.07, 6.45) is 12.0. The summed E-state index contributed by atoms with van der Waals surface area (Å²) in [6.45, 7) is 2.16. The Balaban J connectivity index is 2.92. The Kier molecular flexibility index (Phi) is 11.9. The van der Waals surface area contributed by atoms with E-state index in [0.29, 0.717) is 0 Å². The molecule has 1 atom stereocenters. The maximum Gasteiger partial charge on any atom is 0.0770 e. The van der Waals surface area contributed by atoms with Crippen LogP contribution < -0.4 is 0 Å². The molecule has 0 aliphatic carbocycles. The lowest BCUT2D eigenvalue weighted by Crippen LogP contribution is -2.10. The summed E-state index contributed by atoms with van der Waals surface area (Å²) in [5.74, 6) is 0. The number of aliphatic hydroxyl groups excluding tert-OH is 2. The molecule has 92 valence electrons. The first-order chi connectivity index (χ1) is 7.31. The van der Waals surface area contributed by atoms with E-state index in [-0.39, 0.29) is 6.61 Å². The fraction of sp³-hybridized carbons (Fsp3) is 1.00. The van der Waals surface area contributed by atoms with E-state index in [4.69, 9.17) is 10.2 Å². The van der Waals surface area contributed by atoms with Crippen LogP contribution >= 0.6 is 0 Å². The molecule has 0 spiro atoms. The van der Waals surface area contributed by atoms with Crippen LogP contribution in [0.4, 0.5) is 0 Å². The Morgan fingerprint density at radius 2 is 1.27 bits per heavy atom. The lowest BCUT2D eigenvalue weighted by Gasteiger charge is -2.06. The monoisotopic (exact) mass is 216 g/mol. The summed E-state index contributed by atoms with van der Waals surface area (Å²) in [5.41, 5.74) is 0. The minimum Gasteiger partial charge on any atom is -0.394 e. The molecule has 0 saturated heterocycles. The first-order valence-corrected chi connectivity index (χ1v) is 6.60. The summed E-state index contributed by atoms with van der Waals surface area (Å²) in [7, 11) is 0. The molecule has 0 aromatic rings. The highest BCUT2D eigenvalue weighted by Crippen LogP contribution is 2.11. The van der Waals surface area contributed by atoms with E-state index < -0.39 is 6.10 Å². The largest absolute Gasteiger partial charge is 0.394 e. The summed E-state index contributed by atoms with van der Waals surface area (Å²) in [6, 6.07) is 0. The molecule has 2 N–H and O–H groups in total. The molecule has 0 rings (SSSR count). The Hall–Kier alpha value is -0.0800. The van der Waals surface area contributed by atoms with Crippen molar-refractivity contribution in [2.45, 2.75) is 77.2 Å². The molecule has 0 saturated carbocycles. The van der Waals surface area contributed by atoms with Gasteiger partial charge in [0.15, 0.2) is 0 Å². The average molecular weight is 216 g/mol. The van der Waals surface area contributed by atoms with E-state index in [9.17, 15) is 0 Å². The summed E-state index contributed by atoms with van der Waals surface area (Å²) >= 11 is 0. The highest BCUT2D eigenvalue weighted by atomic mass is 16.3. The third-order valence-electron chi connectivity index (χ3n) is 2.85. The fourth-order valence-electron chi connectivity index (χ4n) is 1.78. The number of hydrogen-bond donors (Lipinski definition) is 2. The van der Waals surface area contributed by atoms with Crippen molar-refractivity contribution in [3.05, 3.63) is 0 Å². The Morgan fingerprint density at radius 3 is 1.73 bits per heavy atom. The van der Waals surface area contributed by atoms with Crippen molar-refractivity contribution < 1.29 is 10.2 Å². The molecular weight excluding hydrogens is 188 g/mol. The molecule has 0 bridgehead atoms. The molecule has 0 heterocycles. The van der Waals surface area contributed by atoms with E-state index in [1.807, 2.05) is 0 Å². The van der Waals surface area contributed by atoms with E-state index in [1.165, 1.54) is 51.4 Å². The molecule has 2 heteroatoms. The highest BCUT2D eigenvalue weighted by Gasteiger charge is 2.00.